The van der Waals surface area contributed by atoms with Gasteiger partial charge in [0.1, 0.15) is 0 Å². The molecule has 0 saturated heterocycles. The Morgan fingerprint density at radius 1 is 0.688 bits per heavy atom. The maximum absolute atomic E-state index is 11.8. The van der Waals surface area contributed by atoms with E-state index >= 15 is 0 Å². The maximum atomic E-state index is 11.8. The summed E-state index contributed by atoms with van der Waals surface area (Å²) in [7, 11) is 0. The summed E-state index contributed by atoms with van der Waals surface area (Å²) in [5.41, 5.74) is -2.67. The quantitative estimate of drug-likeness (QED) is 0.153. The van der Waals surface area contributed by atoms with Crippen molar-refractivity contribution in [1.82, 2.24) is 0 Å². The van der Waals surface area contributed by atoms with Gasteiger partial charge < -0.3 is 19.7 Å². The van der Waals surface area contributed by atoms with Crippen LogP contribution in [0.3, 0.4) is 0 Å². The minimum Gasteiger partial charge on any atom is -0.479 e. The van der Waals surface area contributed by atoms with Gasteiger partial charge in [-0.25, -0.2) is 4.79 Å². The van der Waals surface area contributed by atoms with E-state index in [9.17, 15) is 24.3 Å². The van der Waals surface area contributed by atoms with Crippen LogP contribution in [-0.4, -0.2) is 46.3 Å². The standard InChI is InChI=1S/C24H42O8/c1-3-4-5-6-7-8-9-10-11-12-13-14-15-16-17-31-21(26)18-24(30,23(28)29)19-22(27)32-20(2)25/h30H,3-19H2,1-2H3,(H,28,29). The van der Waals surface area contributed by atoms with Crippen LogP contribution in [-0.2, 0) is 28.7 Å². The predicted octanol–water partition coefficient (Wildman–Crippen LogP) is 4.70. The van der Waals surface area contributed by atoms with Crippen LogP contribution in [0.5, 0.6) is 0 Å². The molecule has 0 saturated carbocycles. The molecular formula is C24H42O8. The zero-order valence-corrected chi connectivity index (χ0v) is 19.9. The lowest BCUT2D eigenvalue weighted by atomic mass is 9.96. The Kier molecular flexibility index (Phi) is 17.5. The van der Waals surface area contributed by atoms with Crippen molar-refractivity contribution in [3.8, 4) is 0 Å². The van der Waals surface area contributed by atoms with Crippen molar-refractivity contribution < 1.29 is 38.9 Å². The molecule has 0 rings (SSSR count). The van der Waals surface area contributed by atoms with Gasteiger partial charge in [0.25, 0.3) is 0 Å². The van der Waals surface area contributed by atoms with Crippen molar-refractivity contribution in [2.75, 3.05) is 6.61 Å². The van der Waals surface area contributed by atoms with Crippen LogP contribution >= 0.6 is 0 Å². The van der Waals surface area contributed by atoms with Crippen LogP contribution in [0.1, 0.15) is 117 Å². The van der Waals surface area contributed by atoms with Crippen LogP contribution < -0.4 is 0 Å². The fourth-order valence-corrected chi connectivity index (χ4v) is 3.42. The van der Waals surface area contributed by atoms with Crippen LogP contribution in [0, 0.1) is 0 Å². The van der Waals surface area contributed by atoms with Crippen LogP contribution in [0.2, 0.25) is 0 Å². The highest BCUT2D eigenvalue weighted by atomic mass is 16.6. The van der Waals surface area contributed by atoms with Crippen molar-refractivity contribution in [3.05, 3.63) is 0 Å². The molecule has 0 amide bonds. The molecule has 0 aromatic carbocycles. The van der Waals surface area contributed by atoms with E-state index in [0.29, 0.717) is 6.42 Å². The van der Waals surface area contributed by atoms with Crippen molar-refractivity contribution >= 4 is 23.9 Å². The third-order valence-corrected chi connectivity index (χ3v) is 5.29. The van der Waals surface area contributed by atoms with Gasteiger partial charge in [0.2, 0.25) is 0 Å². The highest BCUT2D eigenvalue weighted by molar-refractivity contribution is 5.91. The van der Waals surface area contributed by atoms with E-state index in [0.717, 1.165) is 26.2 Å². The molecule has 2 N–H and O–H groups in total. The summed E-state index contributed by atoms with van der Waals surface area (Å²) >= 11 is 0. The zero-order chi connectivity index (χ0) is 24.2. The number of aliphatic hydroxyl groups is 1. The van der Waals surface area contributed by atoms with Crippen molar-refractivity contribution in [1.29, 1.82) is 0 Å². The first-order valence-electron chi connectivity index (χ1n) is 12.0. The second-order valence-corrected chi connectivity index (χ2v) is 8.47. The summed E-state index contributed by atoms with van der Waals surface area (Å²) in [6.45, 7) is 3.34. The predicted molar refractivity (Wildman–Crippen MR) is 120 cm³/mol. The smallest absolute Gasteiger partial charge is 0.336 e. The average Bonchev–Trinajstić information content (AvgIpc) is 2.69. The van der Waals surface area contributed by atoms with Crippen LogP contribution in [0.25, 0.3) is 0 Å². The maximum Gasteiger partial charge on any atom is 0.336 e. The molecule has 0 spiro atoms. The minimum atomic E-state index is -2.67. The van der Waals surface area contributed by atoms with Crippen LogP contribution in [0.15, 0.2) is 0 Å². The largest absolute Gasteiger partial charge is 0.479 e. The summed E-state index contributed by atoms with van der Waals surface area (Å²) in [6, 6.07) is 0. The first-order chi connectivity index (χ1) is 15.2. The van der Waals surface area contributed by atoms with E-state index < -0.39 is 42.3 Å². The van der Waals surface area contributed by atoms with E-state index in [1.807, 2.05) is 0 Å². The van der Waals surface area contributed by atoms with Gasteiger partial charge in [0, 0.05) is 6.92 Å². The molecule has 1 atom stereocenters. The molecule has 32 heavy (non-hydrogen) atoms. The number of esters is 3. The Labute approximate surface area is 192 Å². The van der Waals surface area contributed by atoms with E-state index in [1.54, 1.807) is 0 Å². The monoisotopic (exact) mass is 458 g/mol. The number of aliphatic carboxylic acids is 1. The summed E-state index contributed by atoms with van der Waals surface area (Å²) in [5.74, 6) is -4.82. The van der Waals surface area contributed by atoms with Gasteiger partial charge in [-0.3, -0.25) is 14.4 Å². The molecule has 0 aliphatic rings. The van der Waals surface area contributed by atoms with Crippen molar-refractivity contribution in [2.24, 2.45) is 0 Å². The van der Waals surface area contributed by atoms with E-state index in [2.05, 4.69) is 11.7 Å². The second kappa shape index (κ2) is 18.6. The topological polar surface area (TPSA) is 127 Å². The van der Waals surface area contributed by atoms with E-state index in [4.69, 9.17) is 9.84 Å². The fraction of sp³-hybridized carbons (Fsp3) is 0.833. The number of carbonyl (C=O) groups is 4. The summed E-state index contributed by atoms with van der Waals surface area (Å²) < 4.78 is 9.19. The molecule has 8 heteroatoms. The SMILES string of the molecule is CCCCCCCCCCCCCCCCOC(=O)CC(O)(CC(=O)OC(C)=O)C(=O)O. The second-order valence-electron chi connectivity index (χ2n) is 8.47. The van der Waals surface area contributed by atoms with Crippen LogP contribution in [0.4, 0.5) is 0 Å². The fourth-order valence-electron chi connectivity index (χ4n) is 3.42. The van der Waals surface area contributed by atoms with Gasteiger partial charge in [-0.2, -0.15) is 0 Å². The molecule has 186 valence electrons. The van der Waals surface area contributed by atoms with Crippen molar-refractivity contribution in [3.63, 3.8) is 0 Å². The minimum absolute atomic E-state index is 0.129. The molecule has 1 unspecified atom stereocenters. The summed E-state index contributed by atoms with van der Waals surface area (Å²) in [5, 5.41) is 19.2. The third-order valence-electron chi connectivity index (χ3n) is 5.29. The molecule has 0 radical (unpaired) electrons. The number of rotatable bonds is 20. The van der Waals surface area contributed by atoms with Crippen molar-refractivity contribution in [2.45, 2.75) is 122 Å². The Hall–Kier alpha value is -1.96. The van der Waals surface area contributed by atoms with Gasteiger partial charge in [0.05, 0.1) is 19.4 Å². The van der Waals surface area contributed by atoms with Gasteiger partial charge in [-0.05, 0) is 6.42 Å². The van der Waals surface area contributed by atoms with Gasteiger partial charge >= 0.3 is 23.9 Å². The number of unbranched alkanes of at least 4 members (excludes halogenated alkanes) is 13. The molecular weight excluding hydrogens is 416 g/mol. The zero-order valence-electron chi connectivity index (χ0n) is 19.9. The molecule has 0 aromatic rings. The first kappa shape index (κ1) is 30.0. The Morgan fingerprint density at radius 3 is 1.50 bits per heavy atom. The van der Waals surface area contributed by atoms with Gasteiger partial charge in [0.15, 0.2) is 5.60 Å². The number of hydrogen-bond acceptors (Lipinski definition) is 7. The first-order valence-corrected chi connectivity index (χ1v) is 12.0. The molecule has 8 nitrogen and oxygen atoms in total. The summed E-state index contributed by atoms with van der Waals surface area (Å²) in [4.78, 5) is 45.3. The number of ether oxygens (including phenoxy) is 2. The molecule has 0 bridgehead atoms. The number of carbonyl (C=O) groups excluding carboxylic acids is 3. The Balaban J connectivity index is 3.76. The lowest BCUT2D eigenvalue weighted by molar-refractivity contribution is -0.175. The highest BCUT2D eigenvalue weighted by Crippen LogP contribution is 2.18. The Morgan fingerprint density at radius 2 is 1.09 bits per heavy atom. The molecule has 0 aliphatic heterocycles. The van der Waals surface area contributed by atoms with Gasteiger partial charge in [-0.1, -0.05) is 90.4 Å². The lowest BCUT2D eigenvalue weighted by Gasteiger charge is -2.21. The molecule has 0 heterocycles. The summed E-state index contributed by atoms with van der Waals surface area (Å²) in [6.07, 6.45) is 14.9. The number of carboxylic acids is 1. The van der Waals surface area contributed by atoms with E-state index in [1.165, 1.54) is 64.2 Å². The molecule has 0 aromatic heterocycles. The Bertz CT molecular complexity index is 560. The highest BCUT2D eigenvalue weighted by Gasteiger charge is 2.42. The molecule has 0 fully saturated rings. The molecule has 0 aliphatic carbocycles. The number of hydrogen-bond donors (Lipinski definition) is 2. The number of carboxylic acid groups (broad SMARTS) is 1. The van der Waals surface area contributed by atoms with Gasteiger partial charge in [-0.15, -0.1) is 0 Å². The van der Waals surface area contributed by atoms with E-state index in [-0.39, 0.29) is 6.61 Å². The average molecular weight is 459 g/mol. The normalized spacial score (nSPS) is 12.7. The lowest BCUT2D eigenvalue weighted by Crippen LogP contribution is -2.43. The third kappa shape index (κ3) is 16.7.